The Hall–Kier alpha value is -3.23. The highest BCUT2D eigenvalue weighted by molar-refractivity contribution is 5.94. The number of β-amino-alcohol motifs (C(OH)–C–C–N with tert-alkyl or cyclic N) is 1. The zero-order valence-corrected chi connectivity index (χ0v) is 19.9. The summed E-state index contributed by atoms with van der Waals surface area (Å²) in [7, 11) is 1.73. The molecule has 1 saturated heterocycles. The molecule has 2 aromatic heterocycles. The van der Waals surface area contributed by atoms with Gasteiger partial charge in [-0.3, -0.25) is 14.8 Å². The molecule has 3 N–H and O–H groups in total. The molecule has 1 aliphatic heterocycles. The van der Waals surface area contributed by atoms with Crippen LogP contribution in [0.5, 0.6) is 5.75 Å². The van der Waals surface area contributed by atoms with Crippen LogP contribution in [0.2, 0.25) is 0 Å². The number of hydrogen-bond acceptors (Lipinski definition) is 7. The Labute approximate surface area is 200 Å². The van der Waals surface area contributed by atoms with Crippen molar-refractivity contribution in [2.24, 2.45) is 5.73 Å². The van der Waals surface area contributed by atoms with Gasteiger partial charge in [-0.1, -0.05) is 6.07 Å². The fraction of sp³-hybridized carbons (Fsp3) is 0.423. The molecule has 1 aromatic carbocycles. The Morgan fingerprint density at radius 2 is 2.18 bits per heavy atom. The quantitative estimate of drug-likeness (QED) is 0.495. The zero-order chi connectivity index (χ0) is 24.1. The van der Waals surface area contributed by atoms with Gasteiger partial charge < -0.3 is 25.4 Å². The molecule has 1 atom stereocenters. The molecule has 1 amide bonds. The number of hydrogen-bond donors (Lipinski definition) is 2. The SMILES string of the molecule is Cc1cc(N2CCC[C@@](O)(CN(C)C(=O)c3cccc(OCCCN)c3)C2)c2cnccc2n1. The number of fused-ring (bicyclic) bond motifs is 1. The monoisotopic (exact) mass is 463 g/mol. The van der Waals surface area contributed by atoms with E-state index >= 15 is 0 Å². The number of aryl methyl sites for hydroxylation is 1. The number of likely N-dealkylation sites (N-methyl/N-ethyl adjacent to an activating group) is 1. The lowest BCUT2D eigenvalue weighted by atomic mass is 9.91. The van der Waals surface area contributed by atoms with Crippen molar-refractivity contribution < 1.29 is 14.6 Å². The molecule has 8 nitrogen and oxygen atoms in total. The van der Waals surface area contributed by atoms with Crippen LogP contribution in [-0.2, 0) is 0 Å². The van der Waals surface area contributed by atoms with Crippen molar-refractivity contribution in [3.05, 3.63) is 60.0 Å². The van der Waals surface area contributed by atoms with Gasteiger partial charge in [-0.05, 0) is 63.1 Å². The maximum atomic E-state index is 13.1. The third-order valence-corrected chi connectivity index (χ3v) is 6.19. The predicted molar refractivity (Wildman–Crippen MR) is 133 cm³/mol. The van der Waals surface area contributed by atoms with Crippen molar-refractivity contribution in [1.82, 2.24) is 14.9 Å². The van der Waals surface area contributed by atoms with Crippen molar-refractivity contribution in [3.63, 3.8) is 0 Å². The average molecular weight is 464 g/mol. The first-order chi connectivity index (χ1) is 16.4. The normalized spacial score (nSPS) is 18.2. The Bertz CT molecular complexity index is 1150. The summed E-state index contributed by atoms with van der Waals surface area (Å²) in [5.74, 6) is 0.494. The van der Waals surface area contributed by atoms with Crippen LogP contribution in [0, 0.1) is 6.92 Å². The first-order valence-electron chi connectivity index (χ1n) is 11.8. The van der Waals surface area contributed by atoms with Gasteiger partial charge in [0.1, 0.15) is 5.75 Å². The van der Waals surface area contributed by atoms with Gasteiger partial charge in [0.2, 0.25) is 0 Å². The minimum Gasteiger partial charge on any atom is -0.494 e. The van der Waals surface area contributed by atoms with E-state index in [2.05, 4.69) is 14.9 Å². The van der Waals surface area contributed by atoms with E-state index in [1.807, 2.05) is 31.3 Å². The molecule has 0 radical (unpaired) electrons. The molecule has 180 valence electrons. The van der Waals surface area contributed by atoms with Crippen LogP contribution in [0.4, 0.5) is 5.69 Å². The summed E-state index contributed by atoms with van der Waals surface area (Å²) in [6.45, 7) is 4.54. The number of carbonyl (C=O) groups excluding carboxylic acids is 1. The lowest BCUT2D eigenvalue weighted by molar-refractivity contribution is 0.0000605. The van der Waals surface area contributed by atoms with Crippen molar-refractivity contribution in [2.75, 3.05) is 44.7 Å². The highest BCUT2D eigenvalue weighted by Crippen LogP contribution is 2.32. The molecule has 4 rings (SSSR count). The summed E-state index contributed by atoms with van der Waals surface area (Å²) in [5.41, 5.74) is 7.86. The predicted octanol–water partition coefficient (Wildman–Crippen LogP) is 2.77. The molecule has 3 aromatic rings. The van der Waals surface area contributed by atoms with Crippen LogP contribution in [0.15, 0.2) is 48.8 Å². The second-order valence-corrected chi connectivity index (χ2v) is 9.10. The largest absolute Gasteiger partial charge is 0.494 e. The summed E-state index contributed by atoms with van der Waals surface area (Å²) in [5, 5.41) is 12.5. The minimum absolute atomic E-state index is 0.149. The maximum absolute atomic E-state index is 13.1. The van der Waals surface area contributed by atoms with Crippen LogP contribution >= 0.6 is 0 Å². The minimum atomic E-state index is -1.02. The van der Waals surface area contributed by atoms with Gasteiger partial charge in [0, 0.05) is 54.9 Å². The number of carbonyl (C=O) groups is 1. The summed E-state index contributed by atoms with van der Waals surface area (Å²) < 4.78 is 5.68. The highest BCUT2D eigenvalue weighted by atomic mass is 16.5. The Kier molecular flexibility index (Phi) is 7.29. The number of rotatable bonds is 8. The fourth-order valence-electron chi connectivity index (χ4n) is 4.61. The molecule has 0 unspecified atom stereocenters. The topological polar surface area (TPSA) is 105 Å². The van der Waals surface area contributed by atoms with E-state index in [0.717, 1.165) is 41.7 Å². The number of amides is 1. The second kappa shape index (κ2) is 10.4. The van der Waals surface area contributed by atoms with Gasteiger partial charge in [-0.15, -0.1) is 0 Å². The number of aliphatic hydroxyl groups is 1. The summed E-state index contributed by atoms with van der Waals surface area (Å²) in [6, 6.07) is 11.1. The number of nitrogens with two attached hydrogens (primary N) is 1. The van der Waals surface area contributed by atoms with E-state index in [1.165, 1.54) is 0 Å². The van der Waals surface area contributed by atoms with Crippen LogP contribution in [-0.4, -0.2) is 71.3 Å². The molecule has 3 heterocycles. The van der Waals surface area contributed by atoms with Gasteiger partial charge in [-0.2, -0.15) is 0 Å². The molecule has 1 fully saturated rings. The molecule has 0 aliphatic carbocycles. The molecule has 0 bridgehead atoms. The van der Waals surface area contributed by atoms with Crippen LogP contribution < -0.4 is 15.4 Å². The third kappa shape index (κ3) is 5.46. The molecule has 8 heteroatoms. The van der Waals surface area contributed by atoms with Gasteiger partial charge in [0.05, 0.1) is 24.3 Å². The molecular weight excluding hydrogens is 430 g/mol. The van der Waals surface area contributed by atoms with Gasteiger partial charge >= 0.3 is 0 Å². The highest BCUT2D eigenvalue weighted by Gasteiger charge is 2.36. The number of aromatic nitrogens is 2. The summed E-state index contributed by atoms with van der Waals surface area (Å²) >= 11 is 0. The first kappa shape index (κ1) is 23.9. The fourth-order valence-corrected chi connectivity index (χ4v) is 4.61. The first-order valence-corrected chi connectivity index (χ1v) is 11.8. The van der Waals surface area contributed by atoms with E-state index in [0.29, 0.717) is 37.4 Å². The van der Waals surface area contributed by atoms with Crippen molar-refractivity contribution in [1.29, 1.82) is 0 Å². The summed E-state index contributed by atoms with van der Waals surface area (Å²) in [6.07, 6.45) is 5.77. The zero-order valence-electron chi connectivity index (χ0n) is 19.9. The third-order valence-electron chi connectivity index (χ3n) is 6.19. The lowest BCUT2D eigenvalue weighted by Gasteiger charge is -2.42. The van der Waals surface area contributed by atoms with E-state index < -0.39 is 5.60 Å². The standard InChI is InChI=1S/C26H33N5O3/c1-19-14-24(22-16-28-11-8-23(22)29-19)31-12-4-9-26(33,18-31)17-30(2)25(32)20-6-3-7-21(15-20)34-13-5-10-27/h3,6-8,11,14-16,33H,4-5,9-10,12-13,17-18,27H2,1-2H3/t26-/m1/s1. The van der Waals surface area contributed by atoms with Crippen LogP contribution in [0.25, 0.3) is 10.9 Å². The molecule has 34 heavy (non-hydrogen) atoms. The molecule has 0 saturated carbocycles. The Morgan fingerprint density at radius 3 is 3.00 bits per heavy atom. The lowest BCUT2D eigenvalue weighted by Crippen LogP contribution is -2.54. The van der Waals surface area contributed by atoms with Crippen molar-refractivity contribution in [3.8, 4) is 5.75 Å². The maximum Gasteiger partial charge on any atom is 0.253 e. The Balaban J connectivity index is 1.48. The van der Waals surface area contributed by atoms with E-state index in [4.69, 9.17) is 10.5 Å². The van der Waals surface area contributed by atoms with Crippen LogP contribution in [0.3, 0.4) is 0 Å². The molecule has 1 aliphatic rings. The average Bonchev–Trinajstić information content (AvgIpc) is 2.83. The van der Waals surface area contributed by atoms with Gasteiger partial charge in [0.25, 0.3) is 5.91 Å². The number of pyridine rings is 2. The summed E-state index contributed by atoms with van der Waals surface area (Å²) in [4.78, 5) is 25.8. The Morgan fingerprint density at radius 1 is 1.32 bits per heavy atom. The van der Waals surface area contributed by atoms with Crippen molar-refractivity contribution in [2.45, 2.75) is 31.8 Å². The van der Waals surface area contributed by atoms with Gasteiger partial charge in [0.15, 0.2) is 0 Å². The smallest absolute Gasteiger partial charge is 0.253 e. The number of benzene rings is 1. The van der Waals surface area contributed by atoms with E-state index in [9.17, 15) is 9.90 Å². The number of nitrogens with zero attached hydrogens (tertiary/aromatic N) is 4. The number of anilines is 1. The molecule has 0 spiro atoms. The number of ether oxygens (including phenoxy) is 1. The van der Waals surface area contributed by atoms with E-state index in [-0.39, 0.29) is 12.5 Å². The van der Waals surface area contributed by atoms with Crippen LogP contribution in [0.1, 0.15) is 35.3 Å². The molecular formula is C26H33N5O3. The van der Waals surface area contributed by atoms with Crippen molar-refractivity contribution >= 4 is 22.5 Å². The van der Waals surface area contributed by atoms with E-state index in [1.54, 1.807) is 36.3 Å². The van der Waals surface area contributed by atoms with Gasteiger partial charge in [-0.25, -0.2) is 0 Å². The number of piperidine rings is 1. The second-order valence-electron chi connectivity index (χ2n) is 9.10.